The van der Waals surface area contributed by atoms with E-state index in [0.29, 0.717) is 18.3 Å². The van der Waals surface area contributed by atoms with Crippen molar-refractivity contribution in [2.75, 3.05) is 6.54 Å². The molecule has 2 aromatic rings. The Morgan fingerprint density at radius 3 is 2.88 bits per heavy atom. The highest BCUT2D eigenvalue weighted by Crippen LogP contribution is 2.27. The van der Waals surface area contributed by atoms with Crippen LogP contribution in [0.1, 0.15) is 24.3 Å². The Morgan fingerprint density at radius 2 is 2.24 bits per heavy atom. The van der Waals surface area contributed by atoms with Crippen LogP contribution in [-0.2, 0) is 0 Å². The van der Waals surface area contributed by atoms with Crippen molar-refractivity contribution in [3.05, 3.63) is 34.1 Å². The number of hydrogen-bond donors (Lipinski definition) is 1. The highest BCUT2D eigenvalue weighted by Gasteiger charge is 2.15. The van der Waals surface area contributed by atoms with Crippen molar-refractivity contribution in [2.24, 2.45) is 5.73 Å². The average Bonchev–Trinajstić information content (AvgIpc) is 2.77. The van der Waals surface area contributed by atoms with Gasteiger partial charge >= 0.3 is 0 Å². The SMILES string of the molecule is Cc1ccc(-c2noc(C(C)CN)n2)c(Br)c1. The van der Waals surface area contributed by atoms with Gasteiger partial charge in [-0.1, -0.05) is 34.1 Å². The second kappa shape index (κ2) is 4.98. The molecule has 1 aromatic heterocycles. The van der Waals surface area contributed by atoms with Gasteiger partial charge in [0, 0.05) is 22.5 Å². The van der Waals surface area contributed by atoms with E-state index in [4.69, 9.17) is 10.3 Å². The Balaban J connectivity index is 2.37. The summed E-state index contributed by atoms with van der Waals surface area (Å²) in [4.78, 5) is 4.35. The molecule has 0 amide bonds. The lowest BCUT2D eigenvalue weighted by molar-refractivity contribution is 0.361. The quantitative estimate of drug-likeness (QED) is 0.946. The van der Waals surface area contributed by atoms with E-state index in [1.165, 1.54) is 5.56 Å². The van der Waals surface area contributed by atoms with Crippen molar-refractivity contribution in [3.8, 4) is 11.4 Å². The predicted molar refractivity (Wildman–Crippen MR) is 69.6 cm³/mol. The highest BCUT2D eigenvalue weighted by molar-refractivity contribution is 9.10. The third-order valence-corrected chi connectivity index (χ3v) is 3.24. The molecule has 17 heavy (non-hydrogen) atoms. The minimum atomic E-state index is 0.0838. The van der Waals surface area contributed by atoms with E-state index in [-0.39, 0.29) is 5.92 Å². The summed E-state index contributed by atoms with van der Waals surface area (Å²) in [6, 6.07) is 6.02. The molecule has 0 aliphatic carbocycles. The molecule has 0 aliphatic rings. The molecule has 5 heteroatoms. The summed E-state index contributed by atoms with van der Waals surface area (Å²) in [6.07, 6.45) is 0. The lowest BCUT2D eigenvalue weighted by Crippen LogP contribution is -2.08. The van der Waals surface area contributed by atoms with Gasteiger partial charge < -0.3 is 10.3 Å². The zero-order chi connectivity index (χ0) is 12.4. The normalized spacial score (nSPS) is 12.7. The summed E-state index contributed by atoms with van der Waals surface area (Å²) in [5, 5.41) is 3.97. The summed E-state index contributed by atoms with van der Waals surface area (Å²) < 4.78 is 6.16. The van der Waals surface area contributed by atoms with Crippen LogP contribution in [0.15, 0.2) is 27.2 Å². The summed E-state index contributed by atoms with van der Waals surface area (Å²) >= 11 is 3.50. The topological polar surface area (TPSA) is 64.9 Å². The zero-order valence-corrected chi connectivity index (χ0v) is 11.4. The van der Waals surface area contributed by atoms with Crippen LogP contribution in [0.3, 0.4) is 0 Å². The van der Waals surface area contributed by atoms with E-state index >= 15 is 0 Å². The van der Waals surface area contributed by atoms with Crippen LogP contribution in [0.25, 0.3) is 11.4 Å². The van der Waals surface area contributed by atoms with Crippen molar-refractivity contribution in [1.29, 1.82) is 0 Å². The summed E-state index contributed by atoms with van der Waals surface area (Å²) in [7, 11) is 0. The highest BCUT2D eigenvalue weighted by atomic mass is 79.9. The van der Waals surface area contributed by atoms with Crippen LogP contribution in [0, 0.1) is 6.92 Å². The molecule has 0 radical (unpaired) electrons. The Labute approximate surface area is 108 Å². The van der Waals surface area contributed by atoms with E-state index < -0.39 is 0 Å². The molecule has 4 nitrogen and oxygen atoms in total. The van der Waals surface area contributed by atoms with Gasteiger partial charge in [-0.15, -0.1) is 0 Å². The van der Waals surface area contributed by atoms with E-state index in [1.807, 2.05) is 32.0 Å². The van der Waals surface area contributed by atoms with Crippen LogP contribution in [-0.4, -0.2) is 16.7 Å². The predicted octanol–water partition coefficient (Wildman–Crippen LogP) is 2.87. The maximum absolute atomic E-state index is 5.56. The first-order chi connectivity index (χ1) is 8.11. The van der Waals surface area contributed by atoms with Gasteiger partial charge in [0.05, 0.1) is 0 Å². The number of benzene rings is 1. The number of hydrogen-bond acceptors (Lipinski definition) is 4. The minimum absolute atomic E-state index is 0.0838. The first kappa shape index (κ1) is 12.3. The van der Waals surface area contributed by atoms with Gasteiger partial charge in [0.25, 0.3) is 0 Å². The molecular weight excluding hydrogens is 282 g/mol. The minimum Gasteiger partial charge on any atom is -0.339 e. The molecule has 1 heterocycles. The number of rotatable bonds is 3. The van der Waals surface area contributed by atoms with Crippen molar-refractivity contribution < 1.29 is 4.52 Å². The van der Waals surface area contributed by atoms with Gasteiger partial charge in [0.1, 0.15) is 0 Å². The van der Waals surface area contributed by atoms with Crippen molar-refractivity contribution in [3.63, 3.8) is 0 Å². The van der Waals surface area contributed by atoms with E-state index in [2.05, 4.69) is 26.1 Å². The van der Waals surface area contributed by atoms with E-state index in [0.717, 1.165) is 10.0 Å². The van der Waals surface area contributed by atoms with E-state index in [9.17, 15) is 0 Å². The largest absolute Gasteiger partial charge is 0.339 e. The fourth-order valence-electron chi connectivity index (χ4n) is 1.45. The summed E-state index contributed by atoms with van der Waals surface area (Å²) in [5.74, 6) is 1.25. The van der Waals surface area contributed by atoms with Gasteiger partial charge in [-0.2, -0.15) is 4.98 Å². The molecule has 1 atom stereocenters. The third-order valence-electron chi connectivity index (χ3n) is 2.58. The molecule has 0 saturated heterocycles. The number of aryl methyl sites for hydroxylation is 1. The molecule has 1 unspecified atom stereocenters. The van der Waals surface area contributed by atoms with Crippen LogP contribution in [0.4, 0.5) is 0 Å². The Hall–Kier alpha value is -1.20. The fourth-order valence-corrected chi connectivity index (χ4v) is 2.12. The lowest BCUT2D eigenvalue weighted by atomic mass is 10.1. The second-order valence-corrected chi connectivity index (χ2v) is 4.93. The molecule has 0 fully saturated rings. The standard InChI is InChI=1S/C12H14BrN3O/c1-7-3-4-9(10(13)5-7)11-15-12(17-16-11)8(2)6-14/h3-5,8H,6,14H2,1-2H3. The van der Waals surface area contributed by atoms with Gasteiger partial charge in [0.15, 0.2) is 0 Å². The number of aromatic nitrogens is 2. The molecule has 0 spiro atoms. The fraction of sp³-hybridized carbons (Fsp3) is 0.333. The third kappa shape index (κ3) is 2.56. The average molecular weight is 296 g/mol. The smallest absolute Gasteiger partial charge is 0.231 e. The lowest BCUT2D eigenvalue weighted by Gasteiger charge is -2.01. The van der Waals surface area contributed by atoms with Crippen LogP contribution in [0.5, 0.6) is 0 Å². The Kier molecular flexibility index (Phi) is 3.59. The number of halogens is 1. The van der Waals surface area contributed by atoms with Crippen LogP contribution in [0.2, 0.25) is 0 Å². The molecule has 0 aliphatic heterocycles. The number of nitrogens with zero attached hydrogens (tertiary/aromatic N) is 2. The van der Waals surface area contributed by atoms with Crippen molar-refractivity contribution in [2.45, 2.75) is 19.8 Å². The Morgan fingerprint density at radius 1 is 1.47 bits per heavy atom. The molecule has 90 valence electrons. The first-order valence-corrected chi connectivity index (χ1v) is 6.21. The molecular formula is C12H14BrN3O. The van der Waals surface area contributed by atoms with E-state index in [1.54, 1.807) is 0 Å². The number of nitrogens with two attached hydrogens (primary N) is 1. The maximum atomic E-state index is 5.56. The first-order valence-electron chi connectivity index (χ1n) is 5.42. The van der Waals surface area contributed by atoms with Gasteiger partial charge in [0.2, 0.25) is 11.7 Å². The molecule has 2 N–H and O–H groups in total. The molecule has 1 aromatic carbocycles. The maximum Gasteiger partial charge on any atom is 0.231 e. The molecule has 2 rings (SSSR count). The molecule has 0 saturated carbocycles. The zero-order valence-electron chi connectivity index (χ0n) is 9.77. The summed E-state index contributed by atoms with van der Waals surface area (Å²) in [6.45, 7) is 4.49. The van der Waals surface area contributed by atoms with Crippen molar-refractivity contribution >= 4 is 15.9 Å². The second-order valence-electron chi connectivity index (χ2n) is 4.08. The Bertz CT molecular complexity index is 524. The van der Waals surface area contributed by atoms with Crippen LogP contribution >= 0.6 is 15.9 Å². The van der Waals surface area contributed by atoms with Crippen molar-refractivity contribution in [1.82, 2.24) is 10.1 Å². The monoisotopic (exact) mass is 295 g/mol. The van der Waals surface area contributed by atoms with Gasteiger partial charge in [-0.05, 0) is 24.6 Å². The summed E-state index contributed by atoms with van der Waals surface area (Å²) in [5.41, 5.74) is 7.67. The molecule has 0 bridgehead atoms. The van der Waals surface area contributed by atoms with Gasteiger partial charge in [-0.3, -0.25) is 0 Å². The van der Waals surface area contributed by atoms with Gasteiger partial charge in [-0.25, -0.2) is 0 Å². The van der Waals surface area contributed by atoms with Crippen LogP contribution < -0.4 is 5.73 Å².